The molecular formula is C19H16N2O5. The van der Waals surface area contributed by atoms with Crippen LogP contribution >= 0.6 is 0 Å². The Morgan fingerprint density at radius 2 is 1.88 bits per heavy atom. The molecule has 3 rings (SSSR count). The van der Waals surface area contributed by atoms with Crippen molar-refractivity contribution in [2.75, 3.05) is 5.01 Å². The van der Waals surface area contributed by atoms with Gasteiger partial charge in [0.1, 0.15) is 11.3 Å². The van der Waals surface area contributed by atoms with E-state index in [-0.39, 0.29) is 5.57 Å². The van der Waals surface area contributed by atoms with Crippen molar-refractivity contribution in [1.82, 2.24) is 5.43 Å². The number of para-hydroxylation sites is 1. The Morgan fingerprint density at radius 1 is 1.15 bits per heavy atom. The summed E-state index contributed by atoms with van der Waals surface area (Å²) in [5.74, 6) is -1.73. The number of carbonyl (C=O) groups is 3. The minimum Gasteiger partial charge on any atom is -0.479 e. The molecule has 1 atom stereocenters. The highest BCUT2D eigenvalue weighted by Gasteiger charge is 2.34. The van der Waals surface area contributed by atoms with E-state index in [2.05, 4.69) is 5.43 Å². The van der Waals surface area contributed by atoms with E-state index < -0.39 is 23.9 Å². The topological polar surface area (TPSA) is 95.9 Å². The molecule has 1 aliphatic heterocycles. The molecule has 2 aromatic carbocycles. The van der Waals surface area contributed by atoms with Crippen LogP contribution in [0, 0.1) is 0 Å². The SMILES string of the molecule is C[C@H](Oc1cccc(/C=C2/C(=O)NN(c3ccccc3)C2=O)c1)C(=O)O. The highest BCUT2D eigenvalue weighted by Crippen LogP contribution is 2.22. The fourth-order valence-electron chi connectivity index (χ4n) is 2.42. The summed E-state index contributed by atoms with van der Waals surface area (Å²) >= 11 is 0. The molecule has 0 saturated carbocycles. The molecule has 0 spiro atoms. The number of hydrogen-bond acceptors (Lipinski definition) is 4. The predicted molar refractivity (Wildman–Crippen MR) is 94.2 cm³/mol. The van der Waals surface area contributed by atoms with Crippen molar-refractivity contribution in [3.8, 4) is 5.75 Å². The summed E-state index contributed by atoms with van der Waals surface area (Å²) in [6, 6.07) is 15.3. The molecule has 0 aliphatic carbocycles. The molecule has 2 amide bonds. The van der Waals surface area contributed by atoms with Crippen LogP contribution in [0.5, 0.6) is 5.75 Å². The lowest BCUT2D eigenvalue weighted by atomic mass is 10.1. The van der Waals surface area contributed by atoms with Crippen LogP contribution in [0.15, 0.2) is 60.2 Å². The third kappa shape index (κ3) is 3.56. The molecule has 2 aromatic rings. The number of carbonyl (C=O) groups excluding carboxylic acids is 2. The number of aliphatic carboxylic acids is 1. The average Bonchev–Trinajstić information content (AvgIpc) is 2.91. The summed E-state index contributed by atoms with van der Waals surface area (Å²) in [6.07, 6.45) is 0.432. The maximum Gasteiger partial charge on any atom is 0.344 e. The number of hydrogen-bond donors (Lipinski definition) is 2. The Morgan fingerprint density at radius 3 is 2.58 bits per heavy atom. The molecular weight excluding hydrogens is 336 g/mol. The van der Waals surface area contributed by atoms with Gasteiger partial charge in [-0.3, -0.25) is 15.0 Å². The zero-order chi connectivity index (χ0) is 18.7. The van der Waals surface area contributed by atoms with Gasteiger partial charge in [-0.1, -0.05) is 30.3 Å². The van der Waals surface area contributed by atoms with Gasteiger partial charge in [0, 0.05) is 0 Å². The maximum absolute atomic E-state index is 12.5. The van der Waals surface area contributed by atoms with Crippen molar-refractivity contribution in [1.29, 1.82) is 0 Å². The first-order chi connectivity index (χ1) is 12.5. The van der Waals surface area contributed by atoms with Crippen molar-refractivity contribution in [2.45, 2.75) is 13.0 Å². The number of rotatable bonds is 5. The van der Waals surface area contributed by atoms with E-state index in [9.17, 15) is 14.4 Å². The summed E-state index contributed by atoms with van der Waals surface area (Å²) in [7, 11) is 0. The third-order valence-electron chi connectivity index (χ3n) is 3.74. The van der Waals surface area contributed by atoms with Gasteiger partial charge in [-0.25, -0.2) is 9.80 Å². The van der Waals surface area contributed by atoms with Crippen LogP contribution < -0.4 is 15.2 Å². The van der Waals surface area contributed by atoms with E-state index >= 15 is 0 Å². The Bertz CT molecular complexity index is 892. The molecule has 7 nitrogen and oxygen atoms in total. The molecule has 0 unspecified atom stereocenters. The molecule has 132 valence electrons. The first-order valence-corrected chi connectivity index (χ1v) is 7.87. The van der Waals surface area contributed by atoms with Gasteiger partial charge in [0.25, 0.3) is 11.8 Å². The fourth-order valence-corrected chi connectivity index (χ4v) is 2.42. The second-order valence-electron chi connectivity index (χ2n) is 5.65. The molecule has 1 fully saturated rings. The van der Waals surface area contributed by atoms with E-state index in [4.69, 9.17) is 9.84 Å². The highest BCUT2D eigenvalue weighted by atomic mass is 16.5. The van der Waals surface area contributed by atoms with Crippen LogP contribution in [0.25, 0.3) is 6.08 Å². The summed E-state index contributed by atoms with van der Waals surface area (Å²) in [5.41, 5.74) is 3.61. The minimum atomic E-state index is -1.09. The Hall–Kier alpha value is -3.61. The van der Waals surface area contributed by atoms with Crippen molar-refractivity contribution in [3.05, 3.63) is 65.7 Å². The number of anilines is 1. The zero-order valence-corrected chi connectivity index (χ0v) is 13.9. The summed E-state index contributed by atoms with van der Waals surface area (Å²) in [6.45, 7) is 1.42. The number of nitrogens with one attached hydrogen (secondary N) is 1. The van der Waals surface area contributed by atoms with Gasteiger partial charge < -0.3 is 9.84 Å². The van der Waals surface area contributed by atoms with E-state index in [1.165, 1.54) is 18.0 Å². The van der Waals surface area contributed by atoms with Gasteiger partial charge in [-0.2, -0.15) is 0 Å². The Labute approximate surface area is 149 Å². The normalized spacial score (nSPS) is 16.5. The van der Waals surface area contributed by atoms with Gasteiger partial charge in [-0.15, -0.1) is 0 Å². The second kappa shape index (κ2) is 7.10. The highest BCUT2D eigenvalue weighted by molar-refractivity contribution is 6.31. The average molecular weight is 352 g/mol. The van der Waals surface area contributed by atoms with Crippen molar-refractivity contribution in [3.63, 3.8) is 0 Å². The zero-order valence-electron chi connectivity index (χ0n) is 13.9. The van der Waals surface area contributed by atoms with Gasteiger partial charge >= 0.3 is 5.97 Å². The lowest BCUT2D eigenvalue weighted by molar-refractivity contribution is -0.144. The first kappa shape index (κ1) is 17.2. The fraction of sp³-hybridized carbons (Fsp3) is 0.105. The number of carboxylic acid groups (broad SMARTS) is 1. The largest absolute Gasteiger partial charge is 0.479 e. The molecule has 2 N–H and O–H groups in total. The van der Waals surface area contributed by atoms with Gasteiger partial charge in [0.05, 0.1) is 5.69 Å². The van der Waals surface area contributed by atoms with Gasteiger partial charge in [0.2, 0.25) is 0 Å². The molecule has 0 aromatic heterocycles. The summed E-state index contributed by atoms with van der Waals surface area (Å²) in [4.78, 5) is 35.6. The number of carboxylic acids is 1. The van der Waals surface area contributed by atoms with Gasteiger partial charge in [-0.05, 0) is 42.8 Å². The van der Waals surface area contributed by atoms with Crippen LogP contribution in [0.4, 0.5) is 5.69 Å². The Balaban J connectivity index is 1.85. The number of ether oxygens (including phenoxy) is 1. The maximum atomic E-state index is 12.5. The van der Waals surface area contributed by atoms with E-state index in [1.54, 1.807) is 48.5 Å². The number of hydrazine groups is 1. The van der Waals surface area contributed by atoms with Crippen molar-refractivity contribution < 1.29 is 24.2 Å². The molecule has 26 heavy (non-hydrogen) atoms. The number of amides is 2. The van der Waals surface area contributed by atoms with Crippen LogP contribution in [-0.4, -0.2) is 29.0 Å². The predicted octanol–water partition coefficient (Wildman–Crippen LogP) is 2.00. The van der Waals surface area contributed by atoms with Crippen LogP contribution in [-0.2, 0) is 14.4 Å². The molecule has 7 heteroatoms. The molecule has 1 aliphatic rings. The molecule has 1 heterocycles. The summed E-state index contributed by atoms with van der Waals surface area (Å²) in [5, 5.41) is 10.1. The lowest BCUT2D eigenvalue weighted by Gasteiger charge is -2.13. The minimum absolute atomic E-state index is 0.0164. The van der Waals surface area contributed by atoms with Gasteiger partial charge in [0.15, 0.2) is 6.10 Å². The van der Waals surface area contributed by atoms with Crippen LogP contribution in [0.1, 0.15) is 12.5 Å². The van der Waals surface area contributed by atoms with Crippen molar-refractivity contribution >= 4 is 29.5 Å². The second-order valence-corrected chi connectivity index (χ2v) is 5.65. The lowest BCUT2D eigenvalue weighted by Crippen LogP contribution is -2.35. The van der Waals surface area contributed by atoms with E-state index in [1.807, 2.05) is 6.07 Å². The quantitative estimate of drug-likeness (QED) is 0.634. The molecule has 0 radical (unpaired) electrons. The molecule has 1 saturated heterocycles. The molecule has 0 bridgehead atoms. The third-order valence-corrected chi connectivity index (χ3v) is 3.74. The van der Waals surface area contributed by atoms with Crippen molar-refractivity contribution in [2.24, 2.45) is 0 Å². The van der Waals surface area contributed by atoms with E-state index in [0.717, 1.165) is 0 Å². The Kier molecular flexibility index (Phi) is 4.70. The number of nitrogens with zero attached hydrogens (tertiary/aromatic N) is 1. The monoisotopic (exact) mass is 352 g/mol. The van der Waals surface area contributed by atoms with E-state index in [0.29, 0.717) is 17.0 Å². The van der Waals surface area contributed by atoms with Crippen LogP contribution in [0.3, 0.4) is 0 Å². The van der Waals surface area contributed by atoms with Crippen LogP contribution in [0.2, 0.25) is 0 Å². The number of benzene rings is 2. The summed E-state index contributed by atoms with van der Waals surface area (Å²) < 4.78 is 5.30. The first-order valence-electron chi connectivity index (χ1n) is 7.87. The smallest absolute Gasteiger partial charge is 0.344 e. The standard InChI is InChI=1S/C19H16N2O5/c1-12(19(24)25)26-15-9-5-6-13(10-15)11-16-17(22)20-21(18(16)23)14-7-3-2-4-8-14/h2-12H,1H3,(H,20,22)(H,24,25)/b16-11-/t12-/m0/s1.